The quantitative estimate of drug-likeness (QED) is 0.812. The highest BCUT2D eigenvalue weighted by Crippen LogP contribution is 2.28. The molecule has 1 aliphatic heterocycles. The molecule has 0 radical (unpaired) electrons. The lowest BCUT2D eigenvalue weighted by Gasteiger charge is -2.30. The number of fused-ring (bicyclic) bond motifs is 1. The van der Waals surface area contributed by atoms with Crippen LogP contribution in [0, 0.1) is 19.8 Å². The first-order chi connectivity index (χ1) is 13.8. The summed E-state index contributed by atoms with van der Waals surface area (Å²) in [6.45, 7) is 4.96. The van der Waals surface area contributed by atoms with E-state index in [1.165, 1.54) is 9.87 Å². The van der Waals surface area contributed by atoms with Crippen LogP contribution in [0.3, 0.4) is 0 Å². The van der Waals surface area contributed by atoms with Crippen molar-refractivity contribution in [2.45, 2.75) is 57.4 Å². The van der Waals surface area contributed by atoms with Crippen molar-refractivity contribution < 1.29 is 17.6 Å². The lowest BCUT2D eigenvalue weighted by atomic mass is 9.97. The zero-order valence-electron chi connectivity index (χ0n) is 17.0. The standard InChI is InChI=1S/C22H28N2O4S/c1-15-12-20(16(2)28-15)14-23-22(25)18-8-10-24(11-9-18)29(26,27)21-7-6-17-4-3-5-19(17)13-21/h6-7,12-13,18H,3-5,8-11,14H2,1-2H3,(H,23,25). The van der Waals surface area contributed by atoms with E-state index in [2.05, 4.69) is 5.32 Å². The van der Waals surface area contributed by atoms with Crippen LogP contribution in [0.4, 0.5) is 0 Å². The molecule has 1 aliphatic carbocycles. The number of hydrogen-bond acceptors (Lipinski definition) is 4. The Morgan fingerprint density at radius 1 is 1.14 bits per heavy atom. The molecule has 29 heavy (non-hydrogen) atoms. The predicted octanol–water partition coefficient (Wildman–Crippen LogP) is 3.10. The third kappa shape index (κ3) is 4.12. The summed E-state index contributed by atoms with van der Waals surface area (Å²) in [5, 5.41) is 2.97. The SMILES string of the molecule is Cc1cc(CNC(=O)C2CCN(S(=O)(=O)c3ccc4c(c3)CCC4)CC2)c(C)o1. The number of carbonyl (C=O) groups excluding carboxylic acids is 1. The highest BCUT2D eigenvalue weighted by atomic mass is 32.2. The van der Waals surface area contributed by atoms with E-state index in [1.807, 2.05) is 32.0 Å². The molecule has 2 aromatic rings. The van der Waals surface area contributed by atoms with E-state index in [0.717, 1.165) is 41.9 Å². The summed E-state index contributed by atoms with van der Waals surface area (Å²) in [5.41, 5.74) is 3.40. The molecule has 2 heterocycles. The number of piperidine rings is 1. The van der Waals surface area contributed by atoms with Gasteiger partial charge in [-0.05, 0) is 75.3 Å². The number of sulfonamides is 1. The molecule has 1 amide bonds. The molecule has 1 aromatic carbocycles. The smallest absolute Gasteiger partial charge is 0.243 e. The lowest BCUT2D eigenvalue weighted by Crippen LogP contribution is -2.42. The van der Waals surface area contributed by atoms with Gasteiger partial charge in [0.2, 0.25) is 15.9 Å². The van der Waals surface area contributed by atoms with Crippen molar-refractivity contribution in [3.63, 3.8) is 0 Å². The van der Waals surface area contributed by atoms with Crippen molar-refractivity contribution >= 4 is 15.9 Å². The summed E-state index contributed by atoms with van der Waals surface area (Å²) < 4.78 is 33.1. The van der Waals surface area contributed by atoms with Gasteiger partial charge in [0.25, 0.3) is 0 Å². The fourth-order valence-electron chi connectivity index (χ4n) is 4.40. The number of nitrogens with one attached hydrogen (secondary N) is 1. The van der Waals surface area contributed by atoms with Crippen molar-refractivity contribution in [2.75, 3.05) is 13.1 Å². The van der Waals surface area contributed by atoms with Crippen LogP contribution in [-0.4, -0.2) is 31.7 Å². The molecule has 1 saturated heterocycles. The minimum absolute atomic E-state index is 0.0159. The molecule has 0 unspecified atom stereocenters. The van der Waals surface area contributed by atoms with Gasteiger partial charge < -0.3 is 9.73 Å². The number of furan rings is 1. The number of carbonyl (C=O) groups is 1. The number of amides is 1. The van der Waals surface area contributed by atoms with Crippen LogP contribution in [0.25, 0.3) is 0 Å². The topological polar surface area (TPSA) is 79.6 Å². The Morgan fingerprint density at radius 3 is 2.55 bits per heavy atom. The predicted molar refractivity (Wildman–Crippen MR) is 110 cm³/mol. The molecule has 0 bridgehead atoms. The lowest BCUT2D eigenvalue weighted by molar-refractivity contribution is -0.126. The number of rotatable bonds is 5. The molecule has 0 atom stereocenters. The van der Waals surface area contributed by atoms with Gasteiger partial charge in [0.1, 0.15) is 11.5 Å². The van der Waals surface area contributed by atoms with Gasteiger partial charge in [-0.25, -0.2) is 8.42 Å². The zero-order chi connectivity index (χ0) is 20.6. The molecule has 1 N–H and O–H groups in total. The molecular formula is C22H28N2O4S. The normalized spacial score (nSPS) is 18.0. The van der Waals surface area contributed by atoms with Gasteiger partial charge in [0.05, 0.1) is 4.90 Å². The largest absolute Gasteiger partial charge is 0.466 e. The minimum atomic E-state index is -3.50. The van der Waals surface area contributed by atoms with Crippen LogP contribution in [0.2, 0.25) is 0 Å². The molecular weight excluding hydrogens is 388 g/mol. The van der Waals surface area contributed by atoms with E-state index >= 15 is 0 Å². The van der Waals surface area contributed by atoms with Crippen LogP contribution in [0.1, 0.15) is 47.5 Å². The molecule has 0 spiro atoms. The van der Waals surface area contributed by atoms with E-state index in [4.69, 9.17) is 4.42 Å². The van der Waals surface area contributed by atoms with E-state index in [1.54, 1.807) is 6.07 Å². The second kappa shape index (κ2) is 7.95. The van der Waals surface area contributed by atoms with Gasteiger partial charge in [-0.1, -0.05) is 6.07 Å². The Balaban J connectivity index is 1.35. The molecule has 0 saturated carbocycles. The van der Waals surface area contributed by atoms with Crippen LogP contribution in [-0.2, 0) is 34.2 Å². The van der Waals surface area contributed by atoms with Gasteiger partial charge in [0, 0.05) is 31.1 Å². The van der Waals surface area contributed by atoms with Crippen LogP contribution >= 0.6 is 0 Å². The van der Waals surface area contributed by atoms with Crippen LogP contribution < -0.4 is 5.32 Å². The van der Waals surface area contributed by atoms with Gasteiger partial charge >= 0.3 is 0 Å². The molecule has 1 fully saturated rings. The maximum absolute atomic E-state index is 13.0. The first-order valence-corrected chi connectivity index (χ1v) is 11.7. The van der Waals surface area contributed by atoms with Crippen LogP contribution in [0.5, 0.6) is 0 Å². The molecule has 7 heteroatoms. The van der Waals surface area contributed by atoms with Crippen molar-refractivity contribution in [1.29, 1.82) is 0 Å². The molecule has 4 rings (SSSR count). The highest BCUT2D eigenvalue weighted by molar-refractivity contribution is 7.89. The average molecular weight is 417 g/mol. The molecule has 6 nitrogen and oxygen atoms in total. The second-order valence-corrected chi connectivity index (χ2v) is 10.1. The first-order valence-electron chi connectivity index (χ1n) is 10.3. The number of aryl methyl sites for hydroxylation is 4. The average Bonchev–Trinajstić information content (AvgIpc) is 3.31. The first kappa shape index (κ1) is 20.2. The van der Waals surface area contributed by atoms with E-state index in [9.17, 15) is 13.2 Å². The van der Waals surface area contributed by atoms with E-state index in [-0.39, 0.29) is 11.8 Å². The Bertz CT molecular complexity index is 1020. The van der Waals surface area contributed by atoms with Gasteiger partial charge in [-0.15, -0.1) is 0 Å². The maximum atomic E-state index is 13.0. The minimum Gasteiger partial charge on any atom is -0.466 e. The van der Waals surface area contributed by atoms with E-state index in [0.29, 0.717) is 37.4 Å². The van der Waals surface area contributed by atoms with E-state index < -0.39 is 10.0 Å². The Morgan fingerprint density at radius 2 is 1.86 bits per heavy atom. The number of nitrogens with zero attached hydrogens (tertiary/aromatic N) is 1. The number of hydrogen-bond donors (Lipinski definition) is 1. The number of benzene rings is 1. The summed E-state index contributed by atoms with van der Waals surface area (Å²) >= 11 is 0. The molecule has 156 valence electrons. The third-order valence-corrected chi connectivity index (χ3v) is 8.02. The summed E-state index contributed by atoms with van der Waals surface area (Å²) in [7, 11) is -3.50. The summed E-state index contributed by atoms with van der Waals surface area (Å²) in [6, 6.07) is 7.45. The zero-order valence-corrected chi connectivity index (χ0v) is 17.8. The third-order valence-electron chi connectivity index (χ3n) is 6.13. The van der Waals surface area contributed by atoms with Crippen molar-refractivity contribution in [2.24, 2.45) is 5.92 Å². The monoisotopic (exact) mass is 416 g/mol. The van der Waals surface area contributed by atoms with Gasteiger partial charge in [-0.3, -0.25) is 4.79 Å². The second-order valence-electron chi connectivity index (χ2n) is 8.12. The maximum Gasteiger partial charge on any atom is 0.243 e. The van der Waals surface area contributed by atoms with Gasteiger partial charge in [0.15, 0.2) is 0 Å². The Kier molecular flexibility index (Phi) is 5.53. The van der Waals surface area contributed by atoms with Crippen LogP contribution in [0.15, 0.2) is 33.6 Å². The summed E-state index contributed by atoms with van der Waals surface area (Å²) in [6.07, 6.45) is 4.17. The summed E-state index contributed by atoms with van der Waals surface area (Å²) in [4.78, 5) is 12.9. The Labute approximate surface area is 172 Å². The molecule has 2 aliphatic rings. The Hall–Kier alpha value is -2.12. The fraction of sp³-hybridized carbons (Fsp3) is 0.500. The molecule has 1 aromatic heterocycles. The highest BCUT2D eigenvalue weighted by Gasteiger charge is 2.32. The van der Waals surface area contributed by atoms with Crippen molar-refractivity contribution in [3.05, 3.63) is 52.5 Å². The fourth-order valence-corrected chi connectivity index (χ4v) is 5.92. The summed E-state index contributed by atoms with van der Waals surface area (Å²) in [5.74, 6) is 1.47. The van der Waals surface area contributed by atoms with Gasteiger partial charge in [-0.2, -0.15) is 4.31 Å². The van der Waals surface area contributed by atoms with Crippen molar-refractivity contribution in [3.8, 4) is 0 Å². The van der Waals surface area contributed by atoms with Crippen molar-refractivity contribution in [1.82, 2.24) is 9.62 Å².